The number of carbonyl (C=O) groups excluding carboxylic acids is 1. The van der Waals surface area contributed by atoms with Gasteiger partial charge in [0.2, 0.25) is 0 Å². The topological polar surface area (TPSA) is 58.6 Å². The fourth-order valence-corrected chi connectivity index (χ4v) is 2.19. The molecule has 1 fully saturated rings. The molecule has 4 heteroatoms. The van der Waals surface area contributed by atoms with Crippen LogP contribution in [0.3, 0.4) is 0 Å². The predicted octanol–water partition coefficient (Wildman–Crippen LogP) is 1.52. The lowest BCUT2D eigenvalue weighted by Gasteiger charge is -2.20. The van der Waals surface area contributed by atoms with Crippen molar-refractivity contribution in [1.82, 2.24) is 5.32 Å². The molecule has 0 bridgehead atoms. The van der Waals surface area contributed by atoms with Gasteiger partial charge in [0.05, 0.1) is 6.61 Å². The van der Waals surface area contributed by atoms with E-state index in [4.69, 9.17) is 4.74 Å². The number of aryl methyl sites for hydroxylation is 1. The van der Waals surface area contributed by atoms with Crippen molar-refractivity contribution >= 4 is 5.91 Å². The molecule has 1 aromatic carbocycles. The van der Waals surface area contributed by atoms with Crippen LogP contribution in [0, 0.1) is 0 Å². The first-order valence-electron chi connectivity index (χ1n) is 6.80. The van der Waals surface area contributed by atoms with Crippen LogP contribution in [0.2, 0.25) is 0 Å². The SMILES string of the molecule is CCCc1ccc(C(=O)NCC2(O)CCOC2)cc1. The van der Waals surface area contributed by atoms with Crippen molar-refractivity contribution in [3.63, 3.8) is 0 Å². The van der Waals surface area contributed by atoms with E-state index in [0.717, 1.165) is 12.8 Å². The second-order valence-corrected chi connectivity index (χ2v) is 5.16. The normalized spacial score (nSPS) is 22.4. The van der Waals surface area contributed by atoms with Gasteiger partial charge in [0.15, 0.2) is 0 Å². The standard InChI is InChI=1S/C15H21NO3/c1-2-3-12-4-6-13(7-5-12)14(17)16-10-15(18)8-9-19-11-15/h4-7,18H,2-3,8-11H2,1H3,(H,16,17). The largest absolute Gasteiger partial charge is 0.386 e. The van der Waals surface area contributed by atoms with E-state index >= 15 is 0 Å². The van der Waals surface area contributed by atoms with Crippen molar-refractivity contribution in [2.45, 2.75) is 31.8 Å². The summed E-state index contributed by atoms with van der Waals surface area (Å²) in [5.41, 5.74) is 0.960. The Morgan fingerprint density at radius 3 is 2.74 bits per heavy atom. The highest BCUT2D eigenvalue weighted by atomic mass is 16.5. The van der Waals surface area contributed by atoms with E-state index in [1.165, 1.54) is 5.56 Å². The molecule has 1 aromatic rings. The van der Waals surface area contributed by atoms with Crippen molar-refractivity contribution in [2.24, 2.45) is 0 Å². The molecule has 1 unspecified atom stereocenters. The number of carbonyl (C=O) groups is 1. The first-order valence-corrected chi connectivity index (χ1v) is 6.80. The summed E-state index contributed by atoms with van der Waals surface area (Å²) < 4.78 is 5.14. The Kier molecular flexibility index (Phi) is 4.56. The lowest BCUT2D eigenvalue weighted by Crippen LogP contribution is -2.43. The van der Waals surface area contributed by atoms with Crippen molar-refractivity contribution < 1.29 is 14.6 Å². The lowest BCUT2D eigenvalue weighted by molar-refractivity contribution is 0.0264. The number of amides is 1. The van der Waals surface area contributed by atoms with Gasteiger partial charge in [-0.1, -0.05) is 25.5 Å². The van der Waals surface area contributed by atoms with E-state index in [1.54, 1.807) is 0 Å². The molecule has 1 saturated heterocycles. The molecule has 2 N–H and O–H groups in total. The van der Waals surface area contributed by atoms with Gasteiger partial charge in [-0.2, -0.15) is 0 Å². The minimum Gasteiger partial charge on any atom is -0.386 e. The van der Waals surface area contributed by atoms with E-state index in [2.05, 4.69) is 12.2 Å². The Morgan fingerprint density at radius 2 is 2.16 bits per heavy atom. The van der Waals surface area contributed by atoms with Crippen molar-refractivity contribution in [3.05, 3.63) is 35.4 Å². The fraction of sp³-hybridized carbons (Fsp3) is 0.533. The van der Waals surface area contributed by atoms with Gasteiger partial charge in [0.1, 0.15) is 5.60 Å². The average molecular weight is 263 g/mol. The number of aliphatic hydroxyl groups is 1. The summed E-state index contributed by atoms with van der Waals surface area (Å²) in [6.07, 6.45) is 2.69. The number of rotatable bonds is 5. The maximum atomic E-state index is 11.9. The Labute approximate surface area is 113 Å². The van der Waals surface area contributed by atoms with Gasteiger partial charge >= 0.3 is 0 Å². The molecule has 0 aliphatic carbocycles. The van der Waals surface area contributed by atoms with Crippen LogP contribution in [0.4, 0.5) is 0 Å². The number of hydrogen-bond donors (Lipinski definition) is 2. The van der Waals surface area contributed by atoms with Gasteiger partial charge in [0, 0.05) is 25.1 Å². The second kappa shape index (κ2) is 6.17. The molecule has 0 radical (unpaired) electrons. The van der Waals surface area contributed by atoms with Crippen molar-refractivity contribution in [1.29, 1.82) is 0 Å². The van der Waals surface area contributed by atoms with Crippen LogP contribution < -0.4 is 5.32 Å². The van der Waals surface area contributed by atoms with Gasteiger partial charge in [-0.3, -0.25) is 4.79 Å². The summed E-state index contributed by atoms with van der Waals surface area (Å²) >= 11 is 0. The van der Waals surface area contributed by atoms with Crippen LogP contribution in [0.15, 0.2) is 24.3 Å². The van der Waals surface area contributed by atoms with Crippen LogP contribution in [-0.2, 0) is 11.2 Å². The molecule has 4 nitrogen and oxygen atoms in total. The zero-order chi connectivity index (χ0) is 13.7. The fourth-order valence-electron chi connectivity index (χ4n) is 2.19. The van der Waals surface area contributed by atoms with Crippen molar-refractivity contribution in [2.75, 3.05) is 19.8 Å². The van der Waals surface area contributed by atoms with Crippen LogP contribution in [0.25, 0.3) is 0 Å². The third-order valence-electron chi connectivity index (χ3n) is 3.42. The predicted molar refractivity (Wildman–Crippen MR) is 73.2 cm³/mol. The van der Waals surface area contributed by atoms with Gasteiger partial charge in [-0.15, -0.1) is 0 Å². The van der Waals surface area contributed by atoms with Crippen LogP contribution in [-0.4, -0.2) is 36.4 Å². The Morgan fingerprint density at radius 1 is 1.42 bits per heavy atom. The summed E-state index contributed by atoms with van der Waals surface area (Å²) in [7, 11) is 0. The first kappa shape index (κ1) is 14.0. The highest BCUT2D eigenvalue weighted by Gasteiger charge is 2.32. The molecule has 1 aliphatic rings. The molecule has 19 heavy (non-hydrogen) atoms. The van der Waals surface area contributed by atoms with E-state index in [9.17, 15) is 9.90 Å². The number of nitrogens with one attached hydrogen (secondary N) is 1. The summed E-state index contributed by atoms with van der Waals surface area (Å²) in [6, 6.07) is 7.61. The summed E-state index contributed by atoms with van der Waals surface area (Å²) in [4.78, 5) is 11.9. The molecule has 1 heterocycles. The van der Waals surface area contributed by atoms with E-state index in [-0.39, 0.29) is 12.5 Å². The number of hydrogen-bond acceptors (Lipinski definition) is 3. The maximum absolute atomic E-state index is 11.9. The van der Waals surface area contributed by atoms with E-state index in [0.29, 0.717) is 25.2 Å². The molecular weight excluding hydrogens is 242 g/mol. The highest BCUT2D eigenvalue weighted by Crippen LogP contribution is 2.17. The molecule has 1 atom stereocenters. The number of benzene rings is 1. The summed E-state index contributed by atoms with van der Waals surface area (Å²) in [5, 5.41) is 12.8. The molecular formula is C15H21NO3. The third-order valence-corrected chi connectivity index (χ3v) is 3.42. The molecule has 0 aromatic heterocycles. The Bertz CT molecular complexity index is 422. The summed E-state index contributed by atoms with van der Waals surface area (Å²) in [5.74, 6) is -0.150. The average Bonchev–Trinajstić information content (AvgIpc) is 2.85. The minimum absolute atomic E-state index is 0.150. The third kappa shape index (κ3) is 3.78. The molecule has 2 rings (SSSR count). The molecule has 0 spiro atoms. The molecule has 1 aliphatic heterocycles. The smallest absolute Gasteiger partial charge is 0.251 e. The monoisotopic (exact) mass is 263 g/mol. The zero-order valence-electron chi connectivity index (χ0n) is 11.3. The van der Waals surface area contributed by atoms with Crippen LogP contribution in [0.1, 0.15) is 35.7 Å². The zero-order valence-corrected chi connectivity index (χ0v) is 11.3. The maximum Gasteiger partial charge on any atom is 0.251 e. The van der Waals surface area contributed by atoms with Crippen LogP contribution >= 0.6 is 0 Å². The van der Waals surface area contributed by atoms with Gasteiger partial charge in [0.25, 0.3) is 5.91 Å². The van der Waals surface area contributed by atoms with Gasteiger partial charge in [-0.25, -0.2) is 0 Å². The van der Waals surface area contributed by atoms with Gasteiger partial charge < -0.3 is 15.2 Å². The Hall–Kier alpha value is -1.39. The van der Waals surface area contributed by atoms with E-state index < -0.39 is 5.60 Å². The molecule has 0 saturated carbocycles. The Balaban J connectivity index is 1.88. The highest BCUT2D eigenvalue weighted by molar-refractivity contribution is 5.94. The minimum atomic E-state index is -0.905. The quantitative estimate of drug-likeness (QED) is 0.847. The molecule has 104 valence electrons. The van der Waals surface area contributed by atoms with E-state index in [1.807, 2.05) is 24.3 Å². The van der Waals surface area contributed by atoms with Gasteiger partial charge in [-0.05, 0) is 24.1 Å². The second-order valence-electron chi connectivity index (χ2n) is 5.16. The summed E-state index contributed by atoms with van der Waals surface area (Å²) in [6.45, 7) is 3.22. The van der Waals surface area contributed by atoms with Crippen LogP contribution in [0.5, 0.6) is 0 Å². The van der Waals surface area contributed by atoms with Crippen molar-refractivity contribution in [3.8, 4) is 0 Å². The molecule has 1 amide bonds. The number of ether oxygens (including phenoxy) is 1. The first-order chi connectivity index (χ1) is 9.13. The lowest BCUT2D eigenvalue weighted by atomic mass is 10.0.